The first-order valence-corrected chi connectivity index (χ1v) is 8.44. The molecule has 2 rings (SSSR count). The largest absolute Gasteiger partial charge is 0.487 e. The number of carbonyl (C=O) groups excluding carboxylic acids is 1. The summed E-state index contributed by atoms with van der Waals surface area (Å²) in [6, 6.07) is 13.4. The molecule has 0 unspecified atom stereocenters. The standard InChI is InChI=1S/C19H23ClN2O3/c1-14-6-8-15(9-7-14)12-22-18(23)13-21-17-5-3-4-16(20)19(17)25-11-10-24-2/h3-9,21H,10-13H2,1-2H3,(H,22,23). The molecular weight excluding hydrogens is 340 g/mol. The van der Waals surface area contributed by atoms with Crippen LogP contribution in [0.3, 0.4) is 0 Å². The highest BCUT2D eigenvalue weighted by Crippen LogP contribution is 2.32. The molecule has 134 valence electrons. The molecule has 0 saturated carbocycles. The lowest BCUT2D eigenvalue weighted by molar-refractivity contribution is -0.119. The van der Waals surface area contributed by atoms with Gasteiger partial charge in [0.25, 0.3) is 0 Å². The molecule has 0 atom stereocenters. The summed E-state index contributed by atoms with van der Waals surface area (Å²) in [6.07, 6.45) is 0. The van der Waals surface area contributed by atoms with Gasteiger partial charge in [0.1, 0.15) is 6.61 Å². The predicted octanol–water partition coefficient (Wildman–Crippen LogP) is 3.40. The van der Waals surface area contributed by atoms with Gasteiger partial charge in [-0.15, -0.1) is 0 Å². The molecule has 0 saturated heterocycles. The van der Waals surface area contributed by atoms with Crippen molar-refractivity contribution < 1.29 is 14.3 Å². The minimum atomic E-state index is -0.108. The van der Waals surface area contributed by atoms with Gasteiger partial charge in [0.2, 0.25) is 5.91 Å². The summed E-state index contributed by atoms with van der Waals surface area (Å²) in [4.78, 5) is 12.0. The molecule has 0 aliphatic rings. The van der Waals surface area contributed by atoms with Crippen molar-refractivity contribution in [2.24, 2.45) is 0 Å². The summed E-state index contributed by atoms with van der Waals surface area (Å²) in [5, 5.41) is 6.43. The monoisotopic (exact) mass is 362 g/mol. The van der Waals surface area contributed by atoms with Gasteiger partial charge >= 0.3 is 0 Å². The first-order valence-electron chi connectivity index (χ1n) is 8.06. The molecular formula is C19H23ClN2O3. The number of aryl methyl sites for hydroxylation is 1. The summed E-state index contributed by atoms with van der Waals surface area (Å²) in [5.41, 5.74) is 2.93. The highest BCUT2D eigenvalue weighted by atomic mass is 35.5. The van der Waals surface area contributed by atoms with E-state index >= 15 is 0 Å². The van der Waals surface area contributed by atoms with Gasteiger partial charge in [-0.1, -0.05) is 47.5 Å². The van der Waals surface area contributed by atoms with Crippen molar-refractivity contribution in [2.75, 3.05) is 32.2 Å². The van der Waals surface area contributed by atoms with Crippen LogP contribution in [-0.4, -0.2) is 32.8 Å². The third-order valence-electron chi connectivity index (χ3n) is 3.55. The molecule has 1 amide bonds. The number of halogens is 1. The third-order valence-corrected chi connectivity index (χ3v) is 3.85. The predicted molar refractivity (Wildman–Crippen MR) is 100 cm³/mol. The quantitative estimate of drug-likeness (QED) is 0.671. The normalized spacial score (nSPS) is 10.4. The van der Waals surface area contributed by atoms with Gasteiger partial charge in [-0.3, -0.25) is 4.79 Å². The van der Waals surface area contributed by atoms with Crippen LogP contribution in [-0.2, 0) is 16.1 Å². The second-order valence-corrected chi connectivity index (χ2v) is 5.98. The lowest BCUT2D eigenvalue weighted by atomic mass is 10.1. The van der Waals surface area contributed by atoms with Crippen LogP contribution in [0.1, 0.15) is 11.1 Å². The smallest absolute Gasteiger partial charge is 0.239 e. The maximum atomic E-state index is 12.0. The fourth-order valence-electron chi connectivity index (χ4n) is 2.17. The van der Waals surface area contributed by atoms with Crippen LogP contribution in [0.2, 0.25) is 5.02 Å². The van der Waals surface area contributed by atoms with Crippen LogP contribution in [0.5, 0.6) is 5.75 Å². The van der Waals surface area contributed by atoms with Crippen molar-refractivity contribution >= 4 is 23.2 Å². The number of rotatable bonds is 9. The van der Waals surface area contributed by atoms with Crippen LogP contribution < -0.4 is 15.4 Å². The number of hydrogen-bond donors (Lipinski definition) is 2. The summed E-state index contributed by atoms with van der Waals surface area (Å²) < 4.78 is 10.6. The lowest BCUT2D eigenvalue weighted by Crippen LogP contribution is -2.29. The molecule has 0 heterocycles. The zero-order chi connectivity index (χ0) is 18.1. The second kappa shape index (κ2) is 9.91. The van der Waals surface area contributed by atoms with E-state index in [1.54, 1.807) is 19.2 Å². The van der Waals surface area contributed by atoms with Crippen LogP contribution in [0, 0.1) is 6.92 Å². The summed E-state index contributed by atoms with van der Waals surface area (Å²) in [7, 11) is 1.60. The van der Waals surface area contributed by atoms with E-state index in [1.165, 1.54) is 5.56 Å². The fraction of sp³-hybridized carbons (Fsp3) is 0.316. The van der Waals surface area contributed by atoms with Crippen molar-refractivity contribution in [1.82, 2.24) is 5.32 Å². The first kappa shape index (κ1) is 19.1. The van der Waals surface area contributed by atoms with Crippen LogP contribution in [0.4, 0.5) is 5.69 Å². The number of amides is 1. The van der Waals surface area contributed by atoms with Crippen molar-refractivity contribution in [2.45, 2.75) is 13.5 Å². The molecule has 0 aliphatic heterocycles. The number of hydrogen-bond acceptors (Lipinski definition) is 4. The molecule has 0 radical (unpaired) electrons. The number of nitrogens with one attached hydrogen (secondary N) is 2. The minimum Gasteiger partial charge on any atom is -0.487 e. The average Bonchev–Trinajstić information content (AvgIpc) is 2.61. The highest BCUT2D eigenvalue weighted by molar-refractivity contribution is 6.32. The van der Waals surface area contributed by atoms with Gasteiger partial charge in [0, 0.05) is 13.7 Å². The van der Waals surface area contributed by atoms with Crippen molar-refractivity contribution in [3.63, 3.8) is 0 Å². The van der Waals surface area contributed by atoms with Gasteiger partial charge in [-0.05, 0) is 24.6 Å². The van der Waals surface area contributed by atoms with Gasteiger partial charge in [0.05, 0.1) is 23.9 Å². The zero-order valence-corrected chi connectivity index (χ0v) is 15.2. The SMILES string of the molecule is COCCOc1c(Cl)cccc1NCC(=O)NCc1ccc(C)cc1. The fourth-order valence-corrected chi connectivity index (χ4v) is 2.40. The number of methoxy groups -OCH3 is 1. The molecule has 5 nitrogen and oxygen atoms in total. The summed E-state index contributed by atoms with van der Waals surface area (Å²) in [5.74, 6) is 0.413. The Morgan fingerprint density at radius 1 is 1.12 bits per heavy atom. The maximum Gasteiger partial charge on any atom is 0.239 e. The molecule has 0 spiro atoms. The number of ether oxygens (including phenoxy) is 2. The number of para-hydroxylation sites is 1. The van der Waals surface area contributed by atoms with Crippen LogP contribution >= 0.6 is 11.6 Å². The van der Waals surface area contributed by atoms with E-state index in [4.69, 9.17) is 21.1 Å². The second-order valence-electron chi connectivity index (χ2n) is 5.57. The minimum absolute atomic E-state index is 0.108. The summed E-state index contributed by atoms with van der Waals surface area (Å²) in [6.45, 7) is 3.50. The Kier molecular flexibility index (Phi) is 7.57. The zero-order valence-electron chi connectivity index (χ0n) is 14.5. The molecule has 2 aromatic carbocycles. The Hall–Kier alpha value is -2.24. The van der Waals surface area contributed by atoms with E-state index in [9.17, 15) is 4.79 Å². The first-order chi connectivity index (χ1) is 12.1. The number of anilines is 1. The Bertz CT molecular complexity index is 690. The molecule has 0 bridgehead atoms. The molecule has 25 heavy (non-hydrogen) atoms. The molecule has 0 fully saturated rings. The molecule has 2 N–H and O–H groups in total. The molecule has 0 aromatic heterocycles. The van der Waals surface area contributed by atoms with Crippen LogP contribution in [0.25, 0.3) is 0 Å². The Morgan fingerprint density at radius 3 is 2.60 bits per heavy atom. The van der Waals surface area contributed by atoms with Gasteiger partial charge < -0.3 is 20.1 Å². The van der Waals surface area contributed by atoms with Crippen molar-refractivity contribution in [3.8, 4) is 5.75 Å². The third kappa shape index (κ3) is 6.29. The Morgan fingerprint density at radius 2 is 1.88 bits per heavy atom. The van der Waals surface area contributed by atoms with E-state index in [0.29, 0.717) is 36.2 Å². The van der Waals surface area contributed by atoms with E-state index in [1.807, 2.05) is 37.3 Å². The Labute approximate surface area is 153 Å². The Balaban J connectivity index is 1.86. The summed E-state index contributed by atoms with van der Waals surface area (Å²) >= 11 is 6.17. The topological polar surface area (TPSA) is 59.6 Å². The van der Waals surface area contributed by atoms with Crippen molar-refractivity contribution in [1.29, 1.82) is 0 Å². The van der Waals surface area contributed by atoms with Crippen molar-refractivity contribution in [3.05, 3.63) is 58.6 Å². The number of carbonyl (C=O) groups is 1. The lowest BCUT2D eigenvalue weighted by Gasteiger charge is -2.14. The molecule has 2 aromatic rings. The van der Waals surface area contributed by atoms with Crippen LogP contribution in [0.15, 0.2) is 42.5 Å². The average molecular weight is 363 g/mol. The maximum absolute atomic E-state index is 12.0. The van der Waals surface area contributed by atoms with Gasteiger partial charge in [-0.2, -0.15) is 0 Å². The number of benzene rings is 2. The van der Waals surface area contributed by atoms with Gasteiger partial charge in [0.15, 0.2) is 5.75 Å². The van der Waals surface area contributed by atoms with E-state index in [2.05, 4.69) is 10.6 Å². The highest BCUT2D eigenvalue weighted by Gasteiger charge is 2.10. The van der Waals surface area contributed by atoms with E-state index in [-0.39, 0.29) is 12.5 Å². The molecule has 0 aliphatic carbocycles. The van der Waals surface area contributed by atoms with Gasteiger partial charge in [-0.25, -0.2) is 0 Å². The molecule has 6 heteroatoms. The van der Waals surface area contributed by atoms with E-state index < -0.39 is 0 Å². The van der Waals surface area contributed by atoms with E-state index in [0.717, 1.165) is 5.56 Å².